The monoisotopic (exact) mass is 244 g/mol. The molecule has 3 N–H and O–H groups in total. The molecule has 1 aliphatic rings. The van der Waals surface area contributed by atoms with Crippen molar-refractivity contribution in [3.63, 3.8) is 0 Å². The highest BCUT2D eigenvalue weighted by atomic mass is 15.3. The molecular weight excluding hydrogens is 228 g/mol. The SMILES string of the molecule is NC1CCC(Nc2cccnc2-n2cncn2)C1. The molecule has 6 nitrogen and oxygen atoms in total. The predicted octanol–water partition coefficient (Wildman–Crippen LogP) is 0.954. The summed E-state index contributed by atoms with van der Waals surface area (Å²) in [4.78, 5) is 8.30. The maximum absolute atomic E-state index is 5.93. The Morgan fingerprint density at radius 1 is 1.39 bits per heavy atom. The maximum Gasteiger partial charge on any atom is 0.178 e. The molecule has 2 aromatic heterocycles. The van der Waals surface area contributed by atoms with Gasteiger partial charge in [0.1, 0.15) is 12.7 Å². The normalized spacial score (nSPS) is 23.2. The molecule has 0 spiro atoms. The zero-order valence-electron chi connectivity index (χ0n) is 10.0. The summed E-state index contributed by atoms with van der Waals surface area (Å²) >= 11 is 0. The first-order valence-corrected chi connectivity index (χ1v) is 6.15. The zero-order valence-corrected chi connectivity index (χ0v) is 10.0. The third-order valence-corrected chi connectivity index (χ3v) is 3.26. The maximum atomic E-state index is 5.93. The molecule has 18 heavy (non-hydrogen) atoms. The first-order chi connectivity index (χ1) is 8.83. The van der Waals surface area contributed by atoms with Gasteiger partial charge in [0, 0.05) is 18.3 Å². The molecule has 2 unspecified atom stereocenters. The Morgan fingerprint density at radius 3 is 3.06 bits per heavy atom. The number of nitrogens with one attached hydrogen (secondary N) is 1. The highest BCUT2D eigenvalue weighted by Crippen LogP contribution is 2.24. The van der Waals surface area contributed by atoms with Gasteiger partial charge < -0.3 is 11.1 Å². The first kappa shape index (κ1) is 11.2. The van der Waals surface area contributed by atoms with Gasteiger partial charge in [0.05, 0.1) is 5.69 Å². The second kappa shape index (κ2) is 4.73. The van der Waals surface area contributed by atoms with Crippen molar-refractivity contribution < 1.29 is 0 Å². The first-order valence-electron chi connectivity index (χ1n) is 6.15. The highest BCUT2D eigenvalue weighted by Gasteiger charge is 2.22. The molecule has 1 fully saturated rings. The smallest absolute Gasteiger partial charge is 0.178 e. The molecule has 0 aliphatic heterocycles. The Morgan fingerprint density at radius 2 is 2.33 bits per heavy atom. The Hall–Kier alpha value is -1.95. The van der Waals surface area contributed by atoms with Crippen LogP contribution in [-0.2, 0) is 0 Å². The Kier molecular flexibility index (Phi) is 2.93. The van der Waals surface area contributed by atoms with Crippen molar-refractivity contribution in [2.75, 3.05) is 5.32 Å². The molecule has 0 bridgehead atoms. The third kappa shape index (κ3) is 2.19. The third-order valence-electron chi connectivity index (χ3n) is 3.26. The van der Waals surface area contributed by atoms with Crippen molar-refractivity contribution >= 4 is 5.69 Å². The fourth-order valence-electron chi connectivity index (χ4n) is 2.38. The zero-order chi connectivity index (χ0) is 12.4. The van der Waals surface area contributed by atoms with Crippen LogP contribution in [0.15, 0.2) is 31.0 Å². The number of hydrogen-bond donors (Lipinski definition) is 2. The van der Waals surface area contributed by atoms with Gasteiger partial charge in [-0.2, -0.15) is 5.10 Å². The predicted molar refractivity (Wildman–Crippen MR) is 68.4 cm³/mol. The van der Waals surface area contributed by atoms with E-state index in [1.54, 1.807) is 17.2 Å². The van der Waals surface area contributed by atoms with Gasteiger partial charge in [-0.3, -0.25) is 0 Å². The number of nitrogens with two attached hydrogens (primary N) is 1. The number of pyridine rings is 1. The van der Waals surface area contributed by atoms with E-state index in [1.807, 2.05) is 12.1 Å². The van der Waals surface area contributed by atoms with Crippen molar-refractivity contribution in [3.05, 3.63) is 31.0 Å². The number of hydrogen-bond acceptors (Lipinski definition) is 5. The number of rotatable bonds is 3. The molecule has 1 saturated carbocycles. The Labute approximate surface area is 105 Å². The van der Waals surface area contributed by atoms with Gasteiger partial charge in [-0.1, -0.05) is 0 Å². The lowest BCUT2D eigenvalue weighted by atomic mass is 10.2. The summed E-state index contributed by atoms with van der Waals surface area (Å²) in [5, 5.41) is 7.61. The van der Waals surface area contributed by atoms with Crippen LogP contribution in [0.4, 0.5) is 5.69 Å². The summed E-state index contributed by atoms with van der Waals surface area (Å²) in [5.41, 5.74) is 6.90. The van der Waals surface area contributed by atoms with E-state index in [9.17, 15) is 0 Å². The van der Waals surface area contributed by atoms with Gasteiger partial charge in [-0.15, -0.1) is 0 Å². The molecule has 0 saturated heterocycles. The minimum Gasteiger partial charge on any atom is -0.379 e. The molecule has 3 rings (SSSR count). The van der Waals surface area contributed by atoms with E-state index in [0.29, 0.717) is 12.1 Å². The lowest BCUT2D eigenvalue weighted by Crippen LogP contribution is -2.21. The van der Waals surface area contributed by atoms with Gasteiger partial charge in [0.25, 0.3) is 0 Å². The van der Waals surface area contributed by atoms with E-state index in [1.165, 1.54) is 6.33 Å². The second-order valence-electron chi connectivity index (χ2n) is 4.63. The molecule has 0 aromatic carbocycles. The van der Waals surface area contributed by atoms with Crippen LogP contribution in [0.2, 0.25) is 0 Å². The molecule has 2 aromatic rings. The van der Waals surface area contributed by atoms with Crippen molar-refractivity contribution in [2.24, 2.45) is 5.73 Å². The molecule has 94 valence electrons. The number of nitrogens with zero attached hydrogens (tertiary/aromatic N) is 4. The van der Waals surface area contributed by atoms with Crippen LogP contribution < -0.4 is 11.1 Å². The minimum atomic E-state index is 0.314. The molecule has 6 heteroatoms. The lowest BCUT2D eigenvalue weighted by molar-refractivity contribution is 0.687. The second-order valence-corrected chi connectivity index (χ2v) is 4.63. The summed E-state index contributed by atoms with van der Waals surface area (Å²) in [7, 11) is 0. The van der Waals surface area contributed by atoms with E-state index in [4.69, 9.17) is 5.73 Å². The summed E-state index contributed by atoms with van der Waals surface area (Å²) in [6.07, 6.45) is 8.09. The number of aromatic nitrogens is 4. The summed E-state index contributed by atoms with van der Waals surface area (Å²) in [5.74, 6) is 0.774. The minimum absolute atomic E-state index is 0.314. The van der Waals surface area contributed by atoms with Crippen molar-refractivity contribution in [1.29, 1.82) is 0 Å². The van der Waals surface area contributed by atoms with Crippen LogP contribution in [0, 0.1) is 0 Å². The summed E-state index contributed by atoms with van der Waals surface area (Å²) in [6, 6.07) is 4.66. The standard InChI is InChI=1S/C12H16N6/c13-9-3-4-10(6-9)17-11-2-1-5-15-12(11)18-8-14-7-16-18/h1-2,5,7-10,17H,3-4,6,13H2. The fraction of sp³-hybridized carbons (Fsp3) is 0.417. The fourth-order valence-corrected chi connectivity index (χ4v) is 2.38. The van der Waals surface area contributed by atoms with Gasteiger partial charge in [0.15, 0.2) is 5.82 Å². The summed E-state index contributed by atoms with van der Waals surface area (Å²) in [6.45, 7) is 0. The van der Waals surface area contributed by atoms with Crippen molar-refractivity contribution in [1.82, 2.24) is 19.7 Å². The molecule has 2 heterocycles. The molecule has 0 radical (unpaired) electrons. The Balaban J connectivity index is 1.84. The molecule has 2 atom stereocenters. The van der Waals surface area contributed by atoms with Crippen LogP contribution in [0.1, 0.15) is 19.3 Å². The van der Waals surface area contributed by atoms with Crippen LogP contribution in [0.5, 0.6) is 0 Å². The van der Waals surface area contributed by atoms with Gasteiger partial charge in [-0.05, 0) is 31.4 Å². The topological polar surface area (TPSA) is 81.6 Å². The average Bonchev–Trinajstić information content (AvgIpc) is 3.02. The van der Waals surface area contributed by atoms with Crippen molar-refractivity contribution in [2.45, 2.75) is 31.3 Å². The number of anilines is 1. The largest absolute Gasteiger partial charge is 0.379 e. The average molecular weight is 244 g/mol. The van der Waals surface area contributed by atoms with E-state index in [0.717, 1.165) is 30.8 Å². The molecule has 0 amide bonds. The van der Waals surface area contributed by atoms with E-state index in [-0.39, 0.29) is 0 Å². The summed E-state index contributed by atoms with van der Waals surface area (Å²) < 4.78 is 1.66. The van der Waals surface area contributed by atoms with Crippen LogP contribution in [0.3, 0.4) is 0 Å². The highest BCUT2D eigenvalue weighted by molar-refractivity contribution is 5.56. The van der Waals surface area contributed by atoms with E-state index in [2.05, 4.69) is 20.4 Å². The quantitative estimate of drug-likeness (QED) is 0.840. The molecular formula is C12H16N6. The van der Waals surface area contributed by atoms with E-state index < -0.39 is 0 Å². The van der Waals surface area contributed by atoms with Gasteiger partial charge in [0.2, 0.25) is 0 Å². The van der Waals surface area contributed by atoms with Gasteiger partial charge >= 0.3 is 0 Å². The van der Waals surface area contributed by atoms with Crippen molar-refractivity contribution in [3.8, 4) is 5.82 Å². The van der Waals surface area contributed by atoms with Gasteiger partial charge in [-0.25, -0.2) is 14.6 Å². The Bertz CT molecular complexity index is 509. The van der Waals surface area contributed by atoms with Crippen LogP contribution >= 0.6 is 0 Å². The lowest BCUT2D eigenvalue weighted by Gasteiger charge is -2.16. The van der Waals surface area contributed by atoms with Crippen LogP contribution in [-0.4, -0.2) is 31.8 Å². The molecule has 1 aliphatic carbocycles. The van der Waals surface area contributed by atoms with E-state index >= 15 is 0 Å². The van der Waals surface area contributed by atoms with Crippen LogP contribution in [0.25, 0.3) is 5.82 Å².